The molecule has 1 aromatic rings. The van der Waals surface area contributed by atoms with Gasteiger partial charge in [-0.3, -0.25) is 4.79 Å². The molecule has 3 rings (SSSR count). The summed E-state index contributed by atoms with van der Waals surface area (Å²) >= 11 is 0. The quantitative estimate of drug-likeness (QED) is 0.926. The fourth-order valence-electron chi connectivity index (χ4n) is 3.06. The van der Waals surface area contributed by atoms with Crippen LogP contribution in [0.2, 0.25) is 0 Å². The maximum Gasteiger partial charge on any atom is 0.231 e. The van der Waals surface area contributed by atoms with Crippen LogP contribution in [0.3, 0.4) is 0 Å². The van der Waals surface area contributed by atoms with Crippen LogP contribution in [-0.2, 0) is 11.3 Å². The van der Waals surface area contributed by atoms with Crippen molar-refractivity contribution in [1.82, 2.24) is 10.2 Å². The molecule has 0 atom stereocenters. The van der Waals surface area contributed by atoms with Crippen molar-refractivity contribution in [3.05, 3.63) is 23.8 Å². The fourth-order valence-corrected chi connectivity index (χ4v) is 3.06. The number of nitrogens with zero attached hydrogens (tertiary/aromatic N) is 1. The van der Waals surface area contributed by atoms with Gasteiger partial charge >= 0.3 is 0 Å². The summed E-state index contributed by atoms with van der Waals surface area (Å²) in [5, 5.41) is 3.05. The Kier molecular flexibility index (Phi) is 4.52. The lowest BCUT2D eigenvalue weighted by Gasteiger charge is -2.33. The van der Waals surface area contributed by atoms with E-state index in [0.717, 1.165) is 43.0 Å². The lowest BCUT2D eigenvalue weighted by atomic mass is 9.95. The summed E-state index contributed by atoms with van der Waals surface area (Å²) in [7, 11) is 0. The molecule has 5 heteroatoms. The molecule has 22 heavy (non-hydrogen) atoms. The van der Waals surface area contributed by atoms with Crippen LogP contribution in [0, 0.1) is 5.92 Å². The van der Waals surface area contributed by atoms with E-state index in [2.05, 4.69) is 24.1 Å². The first-order valence-electron chi connectivity index (χ1n) is 8.04. The average molecular weight is 304 g/mol. The predicted octanol–water partition coefficient (Wildman–Crippen LogP) is 2.15. The van der Waals surface area contributed by atoms with Crippen molar-refractivity contribution in [1.29, 1.82) is 0 Å². The molecule has 5 nitrogen and oxygen atoms in total. The van der Waals surface area contributed by atoms with Crippen LogP contribution in [0.25, 0.3) is 0 Å². The predicted molar refractivity (Wildman–Crippen MR) is 83.8 cm³/mol. The molecule has 0 bridgehead atoms. The minimum atomic E-state index is 0.143. The van der Waals surface area contributed by atoms with Crippen molar-refractivity contribution in [2.75, 3.05) is 19.9 Å². The lowest BCUT2D eigenvalue weighted by Crippen LogP contribution is -2.42. The van der Waals surface area contributed by atoms with Crippen LogP contribution in [0.1, 0.15) is 32.3 Å². The molecule has 1 aromatic carbocycles. The number of likely N-dealkylation sites (tertiary alicyclic amines) is 1. The zero-order valence-corrected chi connectivity index (χ0v) is 13.3. The Hall–Kier alpha value is -1.75. The van der Waals surface area contributed by atoms with E-state index in [1.807, 2.05) is 18.2 Å². The summed E-state index contributed by atoms with van der Waals surface area (Å²) in [6.45, 7) is 7.26. The highest BCUT2D eigenvalue weighted by molar-refractivity contribution is 5.78. The van der Waals surface area contributed by atoms with Gasteiger partial charge in [0.15, 0.2) is 11.5 Å². The van der Waals surface area contributed by atoms with Crippen LogP contribution < -0.4 is 14.8 Å². The van der Waals surface area contributed by atoms with Crippen LogP contribution in [-0.4, -0.2) is 36.7 Å². The van der Waals surface area contributed by atoms with Crippen LogP contribution in [0.15, 0.2) is 18.2 Å². The second-order valence-electron chi connectivity index (χ2n) is 6.31. The highest BCUT2D eigenvalue weighted by Crippen LogP contribution is 2.32. The van der Waals surface area contributed by atoms with Crippen LogP contribution in [0.5, 0.6) is 11.5 Å². The summed E-state index contributed by atoms with van der Waals surface area (Å²) in [6.07, 6.45) is 1.90. The molecule has 1 N–H and O–H groups in total. The maximum atomic E-state index is 12.3. The second-order valence-corrected chi connectivity index (χ2v) is 6.31. The molecule has 0 saturated carbocycles. The summed E-state index contributed by atoms with van der Waals surface area (Å²) in [6, 6.07) is 6.36. The van der Waals surface area contributed by atoms with Crippen LogP contribution >= 0.6 is 0 Å². The Labute approximate surface area is 131 Å². The summed E-state index contributed by atoms with van der Waals surface area (Å²) in [5.41, 5.74) is 1.04. The number of fused-ring (bicyclic) bond motifs is 1. The zero-order chi connectivity index (χ0) is 15.5. The topological polar surface area (TPSA) is 50.8 Å². The van der Waals surface area contributed by atoms with Crippen molar-refractivity contribution in [3.8, 4) is 11.5 Å². The van der Waals surface area contributed by atoms with E-state index in [-0.39, 0.29) is 18.6 Å². The number of nitrogens with one attached hydrogen (secondary N) is 1. The first kappa shape index (κ1) is 15.2. The number of benzene rings is 1. The molecule has 0 unspecified atom stereocenters. The van der Waals surface area contributed by atoms with Gasteiger partial charge in [-0.1, -0.05) is 6.07 Å². The molecule has 0 radical (unpaired) electrons. The number of piperidine rings is 1. The minimum Gasteiger partial charge on any atom is -0.454 e. The third kappa shape index (κ3) is 3.35. The highest BCUT2D eigenvalue weighted by Gasteiger charge is 2.25. The monoisotopic (exact) mass is 304 g/mol. The summed E-state index contributed by atoms with van der Waals surface area (Å²) in [4.78, 5) is 14.7. The second kappa shape index (κ2) is 6.57. The van der Waals surface area contributed by atoms with Gasteiger partial charge in [0.2, 0.25) is 12.7 Å². The Morgan fingerprint density at radius 3 is 2.73 bits per heavy atom. The molecular weight excluding hydrogens is 280 g/mol. The van der Waals surface area contributed by atoms with Gasteiger partial charge in [0.05, 0.1) is 0 Å². The fraction of sp³-hybridized carbons (Fsp3) is 0.588. The van der Waals surface area contributed by atoms with Gasteiger partial charge in [0.25, 0.3) is 0 Å². The normalized spacial score (nSPS) is 18.7. The SMILES string of the molecule is CC(C)N1CCC(C(=O)NCc2ccc3c(c2)OCO3)CC1. The molecule has 0 aliphatic carbocycles. The number of carbonyl (C=O) groups is 1. The van der Waals surface area contributed by atoms with Gasteiger partial charge in [0, 0.05) is 18.5 Å². The van der Waals surface area contributed by atoms with Crippen molar-refractivity contribution in [2.45, 2.75) is 39.3 Å². The largest absolute Gasteiger partial charge is 0.454 e. The highest BCUT2D eigenvalue weighted by atomic mass is 16.7. The summed E-state index contributed by atoms with van der Waals surface area (Å²) < 4.78 is 10.6. The lowest BCUT2D eigenvalue weighted by molar-refractivity contribution is -0.126. The molecule has 120 valence electrons. The molecule has 1 amide bonds. The van der Waals surface area contributed by atoms with Crippen molar-refractivity contribution >= 4 is 5.91 Å². The standard InChI is InChI=1S/C17H24N2O3/c1-12(2)19-7-5-14(6-8-19)17(20)18-10-13-3-4-15-16(9-13)22-11-21-15/h3-4,9,12,14H,5-8,10-11H2,1-2H3,(H,18,20). The number of rotatable bonds is 4. The third-order valence-corrected chi connectivity index (χ3v) is 4.53. The summed E-state index contributed by atoms with van der Waals surface area (Å²) in [5.74, 6) is 1.85. The average Bonchev–Trinajstić information content (AvgIpc) is 3.00. The van der Waals surface area contributed by atoms with E-state index in [4.69, 9.17) is 9.47 Å². The Morgan fingerprint density at radius 2 is 2.00 bits per heavy atom. The van der Waals surface area contributed by atoms with Gasteiger partial charge in [-0.05, 0) is 57.5 Å². The Balaban J connectivity index is 1.48. The Bertz CT molecular complexity index is 537. The zero-order valence-electron chi connectivity index (χ0n) is 13.3. The molecule has 2 aliphatic heterocycles. The molecule has 0 spiro atoms. The molecular formula is C17H24N2O3. The molecule has 2 aliphatic rings. The smallest absolute Gasteiger partial charge is 0.231 e. The van der Waals surface area contributed by atoms with Crippen molar-refractivity contribution in [3.63, 3.8) is 0 Å². The van der Waals surface area contributed by atoms with Crippen molar-refractivity contribution < 1.29 is 14.3 Å². The van der Waals surface area contributed by atoms with E-state index in [1.54, 1.807) is 0 Å². The first-order valence-corrected chi connectivity index (χ1v) is 8.04. The minimum absolute atomic E-state index is 0.143. The molecule has 1 fully saturated rings. The van der Waals surface area contributed by atoms with E-state index >= 15 is 0 Å². The van der Waals surface area contributed by atoms with E-state index in [0.29, 0.717) is 12.6 Å². The van der Waals surface area contributed by atoms with E-state index in [1.165, 1.54) is 0 Å². The van der Waals surface area contributed by atoms with Gasteiger partial charge < -0.3 is 19.7 Å². The van der Waals surface area contributed by atoms with Crippen molar-refractivity contribution in [2.24, 2.45) is 5.92 Å². The third-order valence-electron chi connectivity index (χ3n) is 4.53. The Morgan fingerprint density at radius 1 is 1.27 bits per heavy atom. The number of carbonyl (C=O) groups excluding carboxylic acids is 1. The maximum absolute atomic E-state index is 12.3. The van der Waals surface area contributed by atoms with Gasteiger partial charge in [-0.15, -0.1) is 0 Å². The number of amides is 1. The molecule has 0 aromatic heterocycles. The number of hydrogen-bond acceptors (Lipinski definition) is 4. The first-order chi connectivity index (χ1) is 10.6. The van der Waals surface area contributed by atoms with Gasteiger partial charge in [-0.2, -0.15) is 0 Å². The number of hydrogen-bond donors (Lipinski definition) is 1. The van der Waals surface area contributed by atoms with Crippen LogP contribution in [0.4, 0.5) is 0 Å². The van der Waals surface area contributed by atoms with E-state index in [9.17, 15) is 4.79 Å². The molecule has 1 saturated heterocycles. The van der Waals surface area contributed by atoms with Gasteiger partial charge in [-0.25, -0.2) is 0 Å². The molecule has 2 heterocycles. The number of ether oxygens (including phenoxy) is 2. The van der Waals surface area contributed by atoms with Gasteiger partial charge in [0.1, 0.15) is 0 Å². The van der Waals surface area contributed by atoms with E-state index < -0.39 is 0 Å².